The summed E-state index contributed by atoms with van der Waals surface area (Å²) in [6.07, 6.45) is 4.15. The van der Waals surface area contributed by atoms with Crippen molar-refractivity contribution in [3.8, 4) is 5.75 Å². The molecule has 0 radical (unpaired) electrons. The van der Waals surface area contributed by atoms with Gasteiger partial charge in [0.25, 0.3) is 0 Å². The Morgan fingerprint density at radius 1 is 1.19 bits per heavy atom. The van der Waals surface area contributed by atoms with Crippen LogP contribution in [0.25, 0.3) is 0 Å². The molecule has 1 saturated carbocycles. The molecule has 2 fully saturated rings. The molecule has 6 nitrogen and oxygen atoms in total. The molecule has 2 aliphatic carbocycles. The van der Waals surface area contributed by atoms with Crippen molar-refractivity contribution in [1.82, 2.24) is 9.21 Å². The van der Waals surface area contributed by atoms with E-state index in [1.807, 2.05) is 48.5 Å². The monoisotopic (exact) mass is 522 g/mol. The van der Waals surface area contributed by atoms with Gasteiger partial charge in [0.1, 0.15) is 11.9 Å². The Bertz CT molecular complexity index is 1300. The van der Waals surface area contributed by atoms with Gasteiger partial charge in [0.2, 0.25) is 10.0 Å². The molecule has 1 spiro atoms. The second-order valence-corrected chi connectivity index (χ2v) is 13.7. The Kier molecular flexibility index (Phi) is 6.07. The number of hydrogen-bond acceptors (Lipinski definition) is 5. The molecular weight excluding hydrogens is 484 g/mol. The normalized spacial score (nSPS) is 32.3. The van der Waals surface area contributed by atoms with Gasteiger partial charge in [-0.2, -0.15) is 4.31 Å². The zero-order valence-electron chi connectivity index (χ0n) is 21.8. The minimum atomic E-state index is -3.63. The molecule has 6 rings (SSSR count). The molecule has 1 N–H and O–H groups in total. The first-order valence-electron chi connectivity index (χ1n) is 13.6. The van der Waals surface area contributed by atoms with Crippen LogP contribution in [0.1, 0.15) is 49.8 Å². The first-order chi connectivity index (χ1) is 17.7. The molecule has 2 bridgehead atoms. The summed E-state index contributed by atoms with van der Waals surface area (Å²) in [6.45, 7) is 10.1. The Hall–Kier alpha value is -2.19. The molecule has 37 heavy (non-hydrogen) atoms. The van der Waals surface area contributed by atoms with Crippen LogP contribution in [0.4, 0.5) is 0 Å². The van der Waals surface area contributed by atoms with Gasteiger partial charge in [0.05, 0.1) is 22.8 Å². The lowest BCUT2D eigenvalue weighted by molar-refractivity contribution is -0.194. The van der Waals surface area contributed by atoms with Crippen LogP contribution in [0.15, 0.2) is 61.2 Å². The Morgan fingerprint density at radius 2 is 1.97 bits per heavy atom. The van der Waals surface area contributed by atoms with Crippen LogP contribution in [0.5, 0.6) is 5.75 Å². The Balaban J connectivity index is 1.45. The van der Waals surface area contributed by atoms with Crippen molar-refractivity contribution in [2.24, 2.45) is 5.92 Å². The van der Waals surface area contributed by atoms with Gasteiger partial charge in [0, 0.05) is 24.7 Å². The quantitative estimate of drug-likeness (QED) is 0.533. The van der Waals surface area contributed by atoms with Crippen LogP contribution in [-0.4, -0.2) is 66.2 Å². The molecule has 198 valence electrons. The minimum absolute atomic E-state index is 0.0328. The average molecular weight is 523 g/mol. The van der Waals surface area contributed by atoms with Gasteiger partial charge >= 0.3 is 0 Å². The summed E-state index contributed by atoms with van der Waals surface area (Å²) >= 11 is 0. The summed E-state index contributed by atoms with van der Waals surface area (Å²) in [7, 11) is -3.63. The van der Waals surface area contributed by atoms with Crippen LogP contribution in [0.2, 0.25) is 0 Å². The fraction of sp³-hybridized carbons (Fsp3) is 0.533. The summed E-state index contributed by atoms with van der Waals surface area (Å²) < 4.78 is 36.6. The van der Waals surface area contributed by atoms with Crippen molar-refractivity contribution in [2.75, 3.05) is 19.6 Å². The van der Waals surface area contributed by atoms with Crippen LogP contribution in [0.3, 0.4) is 0 Å². The third-order valence-corrected chi connectivity index (χ3v) is 11.1. The van der Waals surface area contributed by atoms with Gasteiger partial charge < -0.3 is 9.84 Å². The lowest BCUT2D eigenvalue weighted by Gasteiger charge is -2.64. The maximum atomic E-state index is 14.0. The van der Waals surface area contributed by atoms with E-state index in [0.29, 0.717) is 19.4 Å². The van der Waals surface area contributed by atoms with Crippen LogP contribution in [0, 0.1) is 5.92 Å². The van der Waals surface area contributed by atoms with Gasteiger partial charge in [-0.15, -0.1) is 6.58 Å². The average Bonchev–Trinajstić information content (AvgIpc) is 3.20. The topological polar surface area (TPSA) is 70.1 Å². The van der Waals surface area contributed by atoms with Crippen molar-refractivity contribution in [1.29, 1.82) is 0 Å². The summed E-state index contributed by atoms with van der Waals surface area (Å²) in [5.74, 6) is 0.958. The first-order valence-corrected chi connectivity index (χ1v) is 15.2. The third kappa shape index (κ3) is 3.65. The molecule has 2 heterocycles. The number of benzene rings is 2. The second kappa shape index (κ2) is 8.94. The summed E-state index contributed by atoms with van der Waals surface area (Å²) in [5, 5.41) is 12.6. The van der Waals surface area contributed by atoms with E-state index < -0.39 is 27.1 Å². The third-order valence-electron chi connectivity index (χ3n) is 9.27. The van der Waals surface area contributed by atoms with Crippen molar-refractivity contribution >= 4 is 10.0 Å². The number of nitrogens with zero attached hydrogens (tertiary/aromatic N) is 2. The highest BCUT2D eigenvalue weighted by atomic mass is 32.2. The van der Waals surface area contributed by atoms with E-state index in [0.717, 1.165) is 42.8 Å². The highest BCUT2D eigenvalue weighted by molar-refractivity contribution is 7.88. The lowest BCUT2D eigenvalue weighted by atomic mass is 9.48. The van der Waals surface area contributed by atoms with Gasteiger partial charge in [0.15, 0.2) is 0 Å². The number of aliphatic hydroxyl groups is 1. The van der Waals surface area contributed by atoms with Crippen molar-refractivity contribution < 1.29 is 18.3 Å². The van der Waals surface area contributed by atoms with E-state index in [1.165, 1.54) is 5.56 Å². The highest BCUT2D eigenvalue weighted by Crippen LogP contribution is 2.64. The molecule has 2 aromatic carbocycles. The van der Waals surface area contributed by atoms with Crippen LogP contribution < -0.4 is 4.74 Å². The van der Waals surface area contributed by atoms with E-state index in [-0.39, 0.29) is 23.8 Å². The fourth-order valence-corrected chi connectivity index (χ4v) is 9.87. The van der Waals surface area contributed by atoms with Gasteiger partial charge in [-0.25, -0.2) is 8.42 Å². The molecule has 7 heteroatoms. The lowest BCUT2D eigenvalue weighted by Crippen LogP contribution is -2.78. The van der Waals surface area contributed by atoms with Gasteiger partial charge in [-0.3, -0.25) is 4.90 Å². The van der Waals surface area contributed by atoms with E-state index >= 15 is 0 Å². The molecule has 0 aromatic heterocycles. The van der Waals surface area contributed by atoms with E-state index in [2.05, 4.69) is 31.4 Å². The number of piperidine rings is 1. The minimum Gasteiger partial charge on any atom is -0.487 e. The Labute approximate surface area is 221 Å². The molecule has 5 atom stereocenters. The molecule has 2 unspecified atom stereocenters. The maximum Gasteiger partial charge on any atom is 0.218 e. The fourth-order valence-electron chi connectivity index (χ4n) is 7.94. The Morgan fingerprint density at radius 3 is 2.70 bits per heavy atom. The zero-order chi connectivity index (χ0) is 26.0. The zero-order valence-corrected chi connectivity index (χ0v) is 22.7. The number of hydrogen-bond donors (Lipinski definition) is 1. The van der Waals surface area contributed by atoms with Crippen LogP contribution in [-0.2, 0) is 27.6 Å². The van der Waals surface area contributed by atoms with Gasteiger partial charge in [-0.1, -0.05) is 62.4 Å². The van der Waals surface area contributed by atoms with E-state index in [1.54, 1.807) is 4.31 Å². The van der Waals surface area contributed by atoms with Gasteiger partial charge in [-0.05, 0) is 55.3 Å². The summed E-state index contributed by atoms with van der Waals surface area (Å²) in [5.41, 5.74) is 1.56. The molecule has 2 aliphatic heterocycles. The second-order valence-electron chi connectivity index (χ2n) is 11.8. The summed E-state index contributed by atoms with van der Waals surface area (Å²) in [6, 6.07) is 15.3. The molecular formula is C30H38N2O4S. The standard InChI is InChI=1S/C30H38N2O4S/c1-4-16-31-17-15-29-27-23-11-8-12-25(27)36-28(29)24(13-14-30(29,33)26(31)18-23)32(19-21(2)3)37(34,35)20-22-9-6-5-7-10-22/h4-12,21,24,26,28,33H,1,13-20H2,2-3H3/t24?,26-,28?,29+,30-/m1/s1. The largest absolute Gasteiger partial charge is 0.487 e. The summed E-state index contributed by atoms with van der Waals surface area (Å²) in [4.78, 5) is 2.36. The van der Waals surface area contributed by atoms with Crippen molar-refractivity contribution in [3.05, 3.63) is 77.9 Å². The molecule has 0 amide bonds. The van der Waals surface area contributed by atoms with E-state index in [9.17, 15) is 13.5 Å². The number of ether oxygens (including phenoxy) is 1. The van der Waals surface area contributed by atoms with E-state index in [4.69, 9.17) is 4.74 Å². The molecule has 1 saturated heterocycles. The number of likely N-dealkylation sites (tertiary alicyclic amines) is 1. The molecule has 4 aliphatic rings. The smallest absolute Gasteiger partial charge is 0.218 e. The predicted octanol–water partition coefficient (Wildman–Crippen LogP) is 3.88. The first kappa shape index (κ1) is 25.1. The highest BCUT2D eigenvalue weighted by Gasteiger charge is 2.73. The van der Waals surface area contributed by atoms with Crippen LogP contribution >= 0.6 is 0 Å². The predicted molar refractivity (Wildman–Crippen MR) is 145 cm³/mol. The maximum absolute atomic E-state index is 14.0. The molecule has 2 aromatic rings. The number of rotatable bonds is 8. The SMILES string of the molecule is C=CCN1CC[C@]23c4c5cccc4OC2C(N(CC(C)C)S(=O)(=O)Cc2ccccc2)CC[C@@]3(O)[C@H]1C5. The van der Waals surface area contributed by atoms with Crippen molar-refractivity contribution in [3.63, 3.8) is 0 Å². The van der Waals surface area contributed by atoms with Crippen molar-refractivity contribution in [2.45, 2.75) is 74.5 Å². The number of sulfonamides is 1.